The molecule has 2 aliphatic rings. The van der Waals surface area contributed by atoms with Gasteiger partial charge < -0.3 is 25.2 Å². The predicted octanol–water partition coefficient (Wildman–Crippen LogP) is 4.35. The number of aromatic nitrogens is 4. The van der Waals surface area contributed by atoms with E-state index in [1.54, 1.807) is 66.6 Å². The summed E-state index contributed by atoms with van der Waals surface area (Å²) in [7, 11) is 3.59. The zero-order valence-corrected chi connectivity index (χ0v) is 29.1. The summed E-state index contributed by atoms with van der Waals surface area (Å²) in [6.45, 7) is 8.44. The van der Waals surface area contributed by atoms with Crippen LogP contribution in [0.15, 0.2) is 42.5 Å². The highest BCUT2D eigenvalue weighted by Gasteiger charge is 2.36. The lowest BCUT2D eigenvalue weighted by molar-refractivity contribution is 0.0523. The quantitative estimate of drug-likeness (QED) is 0.294. The summed E-state index contributed by atoms with van der Waals surface area (Å²) in [6, 6.07) is 12.5. The Morgan fingerprint density at radius 1 is 0.918 bits per heavy atom. The van der Waals surface area contributed by atoms with Crippen LogP contribution in [0.5, 0.6) is 0 Å². The second-order valence-electron chi connectivity index (χ2n) is 13.4. The fraction of sp³-hybridized carbons (Fsp3) is 0.371. The van der Waals surface area contributed by atoms with Crippen molar-refractivity contribution in [3.05, 3.63) is 92.5 Å². The number of anilines is 1. The average molecular weight is 687 g/mol. The first kappa shape index (κ1) is 33.7. The maximum Gasteiger partial charge on any atom is 0.407 e. The predicted molar refractivity (Wildman–Crippen MR) is 183 cm³/mol. The van der Waals surface area contributed by atoms with Gasteiger partial charge in [-0.25, -0.2) is 9.48 Å². The lowest BCUT2D eigenvalue weighted by atomic mass is 9.97. The molecule has 0 unspecified atom stereocenters. The summed E-state index contributed by atoms with van der Waals surface area (Å²) in [5.41, 5.74) is 4.94. The van der Waals surface area contributed by atoms with E-state index >= 15 is 0 Å². The highest BCUT2D eigenvalue weighted by Crippen LogP contribution is 2.32. The van der Waals surface area contributed by atoms with E-state index in [9.17, 15) is 19.2 Å². The first-order valence-electron chi connectivity index (χ1n) is 16.0. The minimum Gasteiger partial charge on any atom is -0.444 e. The van der Waals surface area contributed by atoms with Gasteiger partial charge in [-0.15, -0.1) is 0 Å². The lowest BCUT2D eigenvalue weighted by Crippen LogP contribution is -2.40. The molecule has 2 aliphatic heterocycles. The number of halogens is 1. The fourth-order valence-electron chi connectivity index (χ4n) is 6.04. The molecule has 0 atom stereocenters. The second-order valence-corrected chi connectivity index (χ2v) is 13.8. The summed E-state index contributed by atoms with van der Waals surface area (Å²) in [5, 5.41) is 15.1. The molecule has 49 heavy (non-hydrogen) atoms. The third-order valence-electron chi connectivity index (χ3n) is 8.55. The smallest absolute Gasteiger partial charge is 0.407 e. The van der Waals surface area contributed by atoms with Gasteiger partial charge in [-0.2, -0.15) is 10.2 Å². The number of carbonyl (C=O) groups excluding carboxylic acids is 4. The first-order chi connectivity index (χ1) is 23.2. The van der Waals surface area contributed by atoms with Gasteiger partial charge >= 0.3 is 6.09 Å². The summed E-state index contributed by atoms with van der Waals surface area (Å²) < 4.78 is 8.52. The van der Waals surface area contributed by atoms with Crippen LogP contribution in [0.4, 0.5) is 10.5 Å². The Balaban J connectivity index is 1.37. The van der Waals surface area contributed by atoms with Gasteiger partial charge in [0.05, 0.1) is 17.9 Å². The van der Waals surface area contributed by atoms with Gasteiger partial charge in [0.2, 0.25) is 0 Å². The van der Waals surface area contributed by atoms with Crippen LogP contribution in [-0.2, 0) is 37.7 Å². The summed E-state index contributed by atoms with van der Waals surface area (Å²) in [4.78, 5) is 56.7. The van der Waals surface area contributed by atoms with Crippen molar-refractivity contribution in [3.8, 4) is 5.69 Å². The minimum absolute atomic E-state index is 0.0909. The molecule has 0 aliphatic carbocycles. The zero-order chi connectivity index (χ0) is 35.2. The lowest BCUT2D eigenvalue weighted by Gasteiger charge is -2.30. The Kier molecular flexibility index (Phi) is 8.97. The molecule has 0 saturated heterocycles. The van der Waals surface area contributed by atoms with E-state index in [1.807, 2.05) is 32.2 Å². The van der Waals surface area contributed by atoms with Crippen LogP contribution in [0.1, 0.15) is 80.2 Å². The van der Waals surface area contributed by atoms with Gasteiger partial charge in [0, 0.05) is 61.3 Å². The van der Waals surface area contributed by atoms with Gasteiger partial charge in [-0.1, -0.05) is 17.7 Å². The Morgan fingerprint density at radius 2 is 1.69 bits per heavy atom. The van der Waals surface area contributed by atoms with Crippen molar-refractivity contribution in [1.29, 1.82) is 0 Å². The zero-order valence-electron chi connectivity index (χ0n) is 28.4. The number of hydrogen-bond acceptors (Lipinski definition) is 7. The van der Waals surface area contributed by atoms with Crippen LogP contribution in [0, 0.1) is 6.92 Å². The molecule has 2 aromatic carbocycles. The maximum atomic E-state index is 14.4. The maximum absolute atomic E-state index is 14.4. The number of benzene rings is 2. The SMILES string of the molecule is Cc1cc(CNC(=O)c2nn(-c3cc(Cl)cc(CNC(=O)OC(C)(C)C)c3)c3c2CCN(c2ccc4c(c2)C(=O)N(C)CC4)C3=O)nn1C. The molecule has 2 N–H and O–H groups in total. The second kappa shape index (κ2) is 13.0. The monoisotopic (exact) mass is 686 g/mol. The van der Waals surface area contributed by atoms with Crippen LogP contribution in [-0.4, -0.2) is 74.0 Å². The molecule has 2 aromatic heterocycles. The number of ether oxygens (including phenoxy) is 1. The van der Waals surface area contributed by atoms with Crippen molar-refractivity contribution in [2.24, 2.45) is 7.05 Å². The summed E-state index contributed by atoms with van der Waals surface area (Å²) in [6.07, 6.45) is 0.484. The number of alkyl carbamates (subject to hydrolysis) is 1. The number of likely N-dealkylation sites (N-methyl/N-ethyl adjacent to an activating group) is 1. The molecule has 0 bridgehead atoms. The Bertz CT molecular complexity index is 1970. The number of nitrogens with one attached hydrogen (secondary N) is 2. The summed E-state index contributed by atoms with van der Waals surface area (Å²) >= 11 is 6.56. The van der Waals surface area contributed by atoms with Crippen molar-refractivity contribution in [3.63, 3.8) is 0 Å². The Morgan fingerprint density at radius 3 is 2.41 bits per heavy atom. The van der Waals surface area contributed by atoms with Crippen molar-refractivity contribution in [1.82, 2.24) is 35.1 Å². The van der Waals surface area contributed by atoms with E-state index < -0.39 is 17.6 Å². The van der Waals surface area contributed by atoms with Crippen LogP contribution < -0.4 is 15.5 Å². The molecule has 4 heterocycles. The van der Waals surface area contributed by atoms with E-state index in [2.05, 4.69) is 15.7 Å². The van der Waals surface area contributed by atoms with Gasteiger partial charge in [-0.05, 0) is 88.1 Å². The number of hydrogen-bond donors (Lipinski definition) is 2. The van der Waals surface area contributed by atoms with Crippen molar-refractivity contribution in [2.45, 2.75) is 59.2 Å². The highest BCUT2D eigenvalue weighted by atomic mass is 35.5. The molecule has 4 amide bonds. The molecule has 14 heteroatoms. The molecule has 0 radical (unpaired) electrons. The van der Waals surface area contributed by atoms with Gasteiger partial charge in [-0.3, -0.25) is 19.1 Å². The number of fused-ring (bicyclic) bond motifs is 2. The van der Waals surface area contributed by atoms with Gasteiger partial charge in [0.25, 0.3) is 17.7 Å². The fourth-order valence-corrected chi connectivity index (χ4v) is 6.29. The molecule has 6 rings (SSSR count). The Hall–Kier alpha value is -5.17. The van der Waals surface area contributed by atoms with Crippen molar-refractivity contribution in [2.75, 3.05) is 25.0 Å². The van der Waals surface area contributed by atoms with Gasteiger partial charge in [0.15, 0.2) is 5.69 Å². The molecule has 0 spiro atoms. The van der Waals surface area contributed by atoms with E-state index in [4.69, 9.17) is 21.4 Å². The highest BCUT2D eigenvalue weighted by molar-refractivity contribution is 6.30. The van der Waals surface area contributed by atoms with Crippen LogP contribution >= 0.6 is 11.6 Å². The molecule has 13 nitrogen and oxygen atoms in total. The standard InChI is InChI=1S/C35H39ClN8O5/c1-20-13-24(39-42(20)6)19-37-31(45)29-27-10-12-43(25-8-7-22-9-11-41(5)32(46)28(22)17-25)33(47)30(27)44(40-29)26-15-21(14-23(36)16-26)18-38-34(48)49-35(2,3)4/h7-8,13-17H,9-12,18-19H2,1-6H3,(H,37,45)(H,38,48). The number of amides is 4. The number of rotatable bonds is 7. The van der Waals surface area contributed by atoms with E-state index in [0.717, 1.165) is 17.7 Å². The van der Waals surface area contributed by atoms with Crippen LogP contribution in [0.25, 0.3) is 5.69 Å². The van der Waals surface area contributed by atoms with Crippen LogP contribution in [0.3, 0.4) is 0 Å². The first-order valence-corrected chi connectivity index (χ1v) is 16.4. The topological polar surface area (TPSA) is 144 Å². The molecule has 0 fully saturated rings. The largest absolute Gasteiger partial charge is 0.444 e. The van der Waals surface area contributed by atoms with E-state index in [1.165, 1.54) is 4.68 Å². The van der Waals surface area contributed by atoms with E-state index in [0.29, 0.717) is 51.7 Å². The van der Waals surface area contributed by atoms with Gasteiger partial charge in [0.1, 0.15) is 11.3 Å². The van der Waals surface area contributed by atoms with E-state index in [-0.39, 0.29) is 42.8 Å². The molecular weight excluding hydrogens is 648 g/mol. The molecule has 4 aromatic rings. The Labute approximate surface area is 289 Å². The summed E-state index contributed by atoms with van der Waals surface area (Å²) in [5.74, 6) is -0.916. The molecule has 0 saturated carbocycles. The van der Waals surface area contributed by atoms with Crippen molar-refractivity contribution < 1.29 is 23.9 Å². The molecule has 256 valence electrons. The third-order valence-corrected chi connectivity index (χ3v) is 8.77. The molecular formula is C35H39ClN8O5. The number of aryl methyl sites for hydroxylation is 2. The normalized spacial score (nSPS) is 14.4. The average Bonchev–Trinajstić information content (AvgIpc) is 3.59. The minimum atomic E-state index is -0.669. The van der Waals surface area contributed by atoms with Crippen LogP contribution in [0.2, 0.25) is 5.02 Å². The third kappa shape index (κ3) is 7.02. The number of nitrogens with zero attached hydrogens (tertiary/aromatic N) is 6. The number of carbonyl (C=O) groups is 4. The van der Waals surface area contributed by atoms with Crippen molar-refractivity contribution >= 4 is 41.1 Å².